The van der Waals surface area contributed by atoms with Crippen molar-refractivity contribution in [2.24, 2.45) is 0 Å². The first kappa shape index (κ1) is 18.7. The van der Waals surface area contributed by atoms with Gasteiger partial charge in [0.15, 0.2) is 0 Å². The fourth-order valence-corrected chi connectivity index (χ4v) is 0.877. The number of carboxylic acid groups (broad SMARTS) is 2. The molecule has 0 unspecified atom stereocenters. The molecular weight excluding hydrogens is 304 g/mol. The lowest BCUT2D eigenvalue weighted by molar-refractivity contribution is -0.161. The fraction of sp³-hybridized carbons (Fsp3) is 0.167. The number of esters is 4. The van der Waals surface area contributed by atoms with Gasteiger partial charge in [0.05, 0.1) is 12.8 Å². The Hall–Kier alpha value is -3.30. The second-order valence-corrected chi connectivity index (χ2v) is 3.43. The molecule has 0 rings (SSSR count). The first-order valence-electron chi connectivity index (χ1n) is 5.52. The summed E-state index contributed by atoms with van der Waals surface area (Å²) < 4.78 is 8.25. The van der Waals surface area contributed by atoms with E-state index in [4.69, 9.17) is 10.2 Å². The topological polar surface area (TPSA) is 161 Å². The second kappa shape index (κ2) is 9.58. The number of rotatable bonds is 7. The Balaban J connectivity index is 4.12. The minimum Gasteiger partial charge on any atom is -0.478 e. The van der Waals surface area contributed by atoms with Crippen LogP contribution < -0.4 is 0 Å². The van der Waals surface area contributed by atoms with E-state index in [0.717, 1.165) is 0 Å². The minimum atomic E-state index is -1.42. The molecule has 0 spiro atoms. The molecule has 0 bridgehead atoms. The van der Waals surface area contributed by atoms with E-state index in [1.165, 1.54) is 0 Å². The van der Waals surface area contributed by atoms with Crippen LogP contribution in [-0.2, 0) is 38.2 Å². The average Bonchev–Trinajstić information content (AvgIpc) is 2.40. The van der Waals surface area contributed by atoms with Crippen molar-refractivity contribution in [3.8, 4) is 0 Å². The summed E-state index contributed by atoms with van der Waals surface area (Å²) in [6.07, 6.45) is 0.717. The van der Waals surface area contributed by atoms with Gasteiger partial charge in [-0.25, -0.2) is 19.2 Å². The molecule has 0 aromatic carbocycles. The molecular formula is C12H10O10. The van der Waals surface area contributed by atoms with Crippen LogP contribution in [-0.4, -0.2) is 46.0 Å². The van der Waals surface area contributed by atoms with Crippen LogP contribution in [0.4, 0.5) is 0 Å². The lowest BCUT2D eigenvalue weighted by Crippen LogP contribution is -2.15. The fourth-order valence-electron chi connectivity index (χ4n) is 0.877. The molecule has 0 aliphatic carbocycles. The Morgan fingerprint density at radius 1 is 0.636 bits per heavy atom. The minimum absolute atomic E-state index is 0.456. The van der Waals surface area contributed by atoms with Gasteiger partial charge in [0.1, 0.15) is 0 Å². The van der Waals surface area contributed by atoms with E-state index in [2.05, 4.69) is 9.47 Å². The van der Waals surface area contributed by atoms with Crippen molar-refractivity contribution in [1.82, 2.24) is 0 Å². The number of hydrogen-bond donors (Lipinski definition) is 2. The summed E-state index contributed by atoms with van der Waals surface area (Å²) >= 11 is 0. The Morgan fingerprint density at radius 3 is 1.23 bits per heavy atom. The maximum Gasteiger partial charge on any atom is 0.338 e. The molecule has 0 fully saturated rings. The van der Waals surface area contributed by atoms with Gasteiger partial charge in [-0.3, -0.25) is 9.59 Å². The lowest BCUT2D eigenvalue weighted by Gasteiger charge is -2.00. The first-order chi connectivity index (χ1) is 10.2. The molecule has 2 N–H and O–H groups in total. The summed E-state index contributed by atoms with van der Waals surface area (Å²) in [4.78, 5) is 64.2. The number of carboxylic acids is 2. The average molecular weight is 314 g/mol. The van der Waals surface area contributed by atoms with E-state index in [-0.39, 0.29) is 0 Å². The van der Waals surface area contributed by atoms with Crippen LogP contribution in [0.15, 0.2) is 24.3 Å². The normalized spacial score (nSPS) is 10.4. The summed E-state index contributed by atoms with van der Waals surface area (Å²) in [5.74, 6) is -7.57. The summed E-state index contributed by atoms with van der Waals surface area (Å²) in [6.45, 7) is 0. The molecule has 0 radical (unpaired) electrons. The van der Waals surface area contributed by atoms with Crippen molar-refractivity contribution >= 4 is 35.8 Å². The molecule has 0 aromatic heterocycles. The van der Waals surface area contributed by atoms with Crippen molar-refractivity contribution in [1.29, 1.82) is 0 Å². The van der Waals surface area contributed by atoms with E-state index in [1.807, 2.05) is 0 Å². The van der Waals surface area contributed by atoms with Crippen molar-refractivity contribution in [3.05, 3.63) is 24.3 Å². The van der Waals surface area contributed by atoms with Gasteiger partial charge < -0.3 is 19.7 Å². The van der Waals surface area contributed by atoms with Crippen LogP contribution in [0.1, 0.15) is 12.8 Å². The highest BCUT2D eigenvalue weighted by Gasteiger charge is 2.14. The van der Waals surface area contributed by atoms with Gasteiger partial charge in [0, 0.05) is 24.3 Å². The van der Waals surface area contributed by atoms with Gasteiger partial charge in [0.2, 0.25) is 0 Å². The van der Waals surface area contributed by atoms with Gasteiger partial charge >= 0.3 is 35.8 Å². The zero-order valence-corrected chi connectivity index (χ0v) is 10.9. The number of carbonyl (C=O) groups excluding carboxylic acids is 4. The summed E-state index contributed by atoms with van der Waals surface area (Å²) in [7, 11) is 0. The third-order valence-electron chi connectivity index (χ3n) is 1.69. The Labute approximate surface area is 122 Å². The SMILES string of the molecule is O=C(O)/C=C\C(=O)OC(=O)CCC(=O)OC(=O)/C=C\C(=O)O. The number of carbonyl (C=O) groups is 6. The molecule has 0 aliphatic rings. The number of ether oxygens (including phenoxy) is 2. The largest absolute Gasteiger partial charge is 0.478 e. The molecule has 0 amide bonds. The highest BCUT2D eigenvalue weighted by Crippen LogP contribution is 1.98. The first-order valence-corrected chi connectivity index (χ1v) is 5.52. The Bertz CT molecular complexity index is 504. The molecule has 0 atom stereocenters. The van der Waals surface area contributed by atoms with E-state index in [1.54, 1.807) is 0 Å². The molecule has 118 valence electrons. The van der Waals surface area contributed by atoms with Crippen LogP contribution in [0.3, 0.4) is 0 Å². The molecule has 0 saturated carbocycles. The maximum absolute atomic E-state index is 11.1. The summed E-state index contributed by atoms with van der Waals surface area (Å²) in [5, 5.41) is 16.4. The summed E-state index contributed by atoms with van der Waals surface area (Å²) in [5.41, 5.74) is 0. The van der Waals surface area contributed by atoms with E-state index in [9.17, 15) is 28.8 Å². The maximum atomic E-state index is 11.1. The van der Waals surface area contributed by atoms with Gasteiger partial charge in [0.25, 0.3) is 0 Å². The van der Waals surface area contributed by atoms with Crippen molar-refractivity contribution < 1.29 is 48.5 Å². The van der Waals surface area contributed by atoms with Gasteiger partial charge in [-0.15, -0.1) is 0 Å². The molecule has 0 heterocycles. The van der Waals surface area contributed by atoms with Crippen LogP contribution in [0.2, 0.25) is 0 Å². The van der Waals surface area contributed by atoms with Crippen LogP contribution in [0.5, 0.6) is 0 Å². The van der Waals surface area contributed by atoms with Crippen LogP contribution >= 0.6 is 0 Å². The molecule has 0 aromatic rings. The number of aliphatic carboxylic acids is 2. The van der Waals surface area contributed by atoms with Crippen molar-refractivity contribution in [2.45, 2.75) is 12.8 Å². The predicted molar refractivity (Wildman–Crippen MR) is 65.0 cm³/mol. The Morgan fingerprint density at radius 2 is 0.955 bits per heavy atom. The van der Waals surface area contributed by atoms with Crippen LogP contribution in [0.25, 0.3) is 0 Å². The standard InChI is InChI=1S/C12H10O10/c13-7(14)1-3-9(17)21-11(19)5-6-12(20)22-10(18)4-2-8(15)16/h1-4H,5-6H2,(H,13,14)(H,15,16)/b3-1-,4-2-. The van der Waals surface area contributed by atoms with E-state index < -0.39 is 48.7 Å². The smallest absolute Gasteiger partial charge is 0.338 e. The van der Waals surface area contributed by atoms with Gasteiger partial charge in [-0.1, -0.05) is 0 Å². The quantitative estimate of drug-likeness (QED) is 0.345. The molecule has 10 nitrogen and oxygen atoms in total. The van der Waals surface area contributed by atoms with E-state index in [0.29, 0.717) is 24.3 Å². The highest BCUT2D eigenvalue weighted by molar-refractivity contribution is 5.98. The third-order valence-corrected chi connectivity index (χ3v) is 1.69. The molecule has 0 saturated heterocycles. The second-order valence-electron chi connectivity index (χ2n) is 3.43. The van der Waals surface area contributed by atoms with Crippen molar-refractivity contribution in [2.75, 3.05) is 0 Å². The molecule has 22 heavy (non-hydrogen) atoms. The summed E-state index contributed by atoms with van der Waals surface area (Å²) in [6, 6.07) is 0. The highest BCUT2D eigenvalue weighted by atomic mass is 16.6. The monoisotopic (exact) mass is 314 g/mol. The van der Waals surface area contributed by atoms with Gasteiger partial charge in [-0.2, -0.15) is 0 Å². The predicted octanol–water partition coefficient (Wildman–Crippen LogP) is -0.812. The van der Waals surface area contributed by atoms with Gasteiger partial charge in [-0.05, 0) is 0 Å². The van der Waals surface area contributed by atoms with E-state index >= 15 is 0 Å². The Kier molecular flexibility index (Phi) is 8.14. The third kappa shape index (κ3) is 10.6. The zero-order chi connectivity index (χ0) is 17.1. The van der Waals surface area contributed by atoms with Crippen molar-refractivity contribution in [3.63, 3.8) is 0 Å². The molecule has 0 aliphatic heterocycles. The zero-order valence-electron chi connectivity index (χ0n) is 10.9. The number of hydrogen-bond acceptors (Lipinski definition) is 8. The molecule has 10 heteroatoms. The lowest BCUT2D eigenvalue weighted by atomic mass is 10.3. The van der Waals surface area contributed by atoms with Crippen LogP contribution in [0, 0.1) is 0 Å².